The van der Waals surface area contributed by atoms with Crippen LogP contribution in [0, 0.1) is 6.92 Å². The number of nitrogens with one attached hydrogen (secondary N) is 2. The number of H-pyrrole nitrogens is 1. The van der Waals surface area contributed by atoms with E-state index < -0.39 is 15.9 Å². The predicted octanol–water partition coefficient (Wildman–Crippen LogP) is 3.21. The Morgan fingerprint density at radius 1 is 1.10 bits per heavy atom. The van der Waals surface area contributed by atoms with Crippen molar-refractivity contribution in [1.82, 2.24) is 19.5 Å². The Morgan fingerprint density at radius 3 is 2.57 bits per heavy atom. The lowest BCUT2D eigenvalue weighted by atomic mass is 10.1. The third-order valence-electron chi connectivity index (χ3n) is 5.26. The third-order valence-corrected chi connectivity index (χ3v) is 7.15. The van der Waals surface area contributed by atoms with Crippen molar-refractivity contribution < 1.29 is 13.2 Å². The molecule has 3 heterocycles. The summed E-state index contributed by atoms with van der Waals surface area (Å²) >= 11 is 0. The number of nitrogens with zero attached hydrogens (tertiary/aromatic N) is 3. The highest BCUT2D eigenvalue weighted by molar-refractivity contribution is 7.89. The van der Waals surface area contributed by atoms with Gasteiger partial charge in [0.1, 0.15) is 0 Å². The van der Waals surface area contributed by atoms with Gasteiger partial charge in [-0.25, -0.2) is 8.42 Å². The number of amides is 1. The van der Waals surface area contributed by atoms with Crippen LogP contribution < -0.4 is 5.32 Å². The predicted molar refractivity (Wildman–Crippen MR) is 114 cm³/mol. The van der Waals surface area contributed by atoms with Crippen molar-refractivity contribution in [3.8, 4) is 11.3 Å². The molecule has 0 bridgehead atoms. The Kier molecular flexibility index (Phi) is 5.65. The second-order valence-corrected chi connectivity index (χ2v) is 9.19. The minimum Gasteiger partial charge on any atom is -0.305 e. The van der Waals surface area contributed by atoms with Crippen molar-refractivity contribution in [2.24, 2.45) is 0 Å². The molecule has 1 aliphatic rings. The number of aromatic amines is 1. The molecule has 0 radical (unpaired) electrons. The molecule has 156 valence electrons. The monoisotopic (exact) mass is 425 g/mol. The number of aromatic nitrogens is 3. The number of hydrogen-bond acceptors (Lipinski definition) is 5. The molecule has 1 amide bonds. The van der Waals surface area contributed by atoms with E-state index >= 15 is 0 Å². The van der Waals surface area contributed by atoms with Crippen molar-refractivity contribution in [3.05, 3.63) is 59.9 Å². The second-order valence-electron chi connectivity index (χ2n) is 7.25. The fourth-order valence-electron chi connectivity index (χ4n) is 3.55. The lowest BCUT2D eigenvalue weighted by molar-refractivity contribution is 0.102. The Balaban J connectivity index is 1.55. The first-order chi connectivity index (χ1) is 14.5. The fourth-order valence-corrected chi connectivity index (χ4v) is 5.11. The van der Waals surface area contributed by atoms with Crippen LogP contribution in [-0.4, -0.2) is 46.9 Å². The summed E-state index contributed by atoms with van der Waals surface area (Å²) in [4.78, 5) is 16.9. The minimum atomic E-state index is -3.61. The van der Waals surface area contributed by atoms with Crippen LogP contribution in [0.15, 0.2) is 53.7 Å². The van der Waals surface area contributed by atoms with E-state index in [2.05, 4.69) is 20.5 Å². The fraction of sp³-hybridized carbons (Fsp3) is 0.286. The van der Waals surface area contributed by atoms with E-state index in [9.17, 15) is 13.2 Å². The molecule has 1 saturated heterocycles. The number of benzene rings is 1. The molecule has 1 aliphatic heterocycles. The van der Waals surface area contributed by atoms with Gasteiger partial charge >= 0.3 is 0 Å². The number of hydrogen-bond donors (Lipinski definition) is 2. The number of anilines is 1. The van der Waals surface area contributed by atoms with E-state index in [0.29, 0.717) is 18.9 Å². The highest BCUT2D eigenvalue weighted by atomic mass is 32.2. The summed E-state index contributed by atoms with van der Waals surface area (Å²) in [6, 6.07) is 9.83. The van der Waals surface area contributed by atoms with Gasteiger partial charge in [-0.05, 0) is 50.1 Å². The average Bonchev–Trinajstić information content (AvgIpc) is 3.15. The average molecular weight is 426 g/mol. The zero-order valence-electron chi connectivity index (χ0n) is 16.6. The molecule has 3 aromatic rings. The highest BCUT2D eigenvalue weighted by Crippen LogP contribution is 2.26. The van der Waals surface area contributed by atoms with Crippen LogP contribution >= 0.6 is 0 Å². The molecular weight excluding hydrogens is 402 g/mol. The van der Waals surface area contributed by atoms with Crippen molar-refractivity contribution >= 4 is 21.7 Å². The molecule has 0 saturated carbocycles. The SMILES string of the molecule is Cc1c(NC(=O)c2cccc(S(=O)(=O)N3CCCCC3)c2)n[nH]c1-c1ccncc1. The van der Waals surface area contributed by atoms with Gasteiger partial charge in [0.05, 0.1) is 10.6 Å². The van der Waals surface area contributed by atoms with E-state index in [1.807, 2.05) is 19.1 Å². The zero-order chi connectivity index (χ0) is 21.1. The summed E-state index contributed by atoms with van der Waals surface area (Å²) in [5.41, 5.74) is 2.74. The Bertz CT molecular complexity index is 1150. The first-order valence-electron chi connectivity index (χ1n) is 9.84. The van der Waals surface area contributed by atoms with Gasteiger partial charge in [0.15, 0.2) is 5.82 Å². The molecule has 2 aromatic heterocycles. The normalized spacial score (nSPS) is 15.1. The molecule has 8 nitrogen and oxygen atoms in total. The van der Waals surface area contributed by atoms with Crippen LogP contribution in [0.25, 0.3) is 11.3 Å². The van der Waals surface area contributed by atoms with Crippen LogP contribution in [-0.2, 0) is 10.0 Å². The first-order valence-corrected chi connectivity index (χ1v) is 11.3. The molecule has 4 rings (SSSR count). The van der Waals surface area contributed by atoms with Gasteiger partial charge < -0.3 is 5.32 Å². The van der Waals surface area contributed by atoms with E-state index in [0.717, 1.165) is 36.1 Å². The highest BCUT2D eigenvalue weighted by Gasteiger charge is 2.26. The van der Waals surface area contributed by atoms with Gasteiger partial charge in [-0.1, -0.05) is 12.5 Å². The number of rotatable bonds is 5. The second kappa shape index (κ2) is 8.37. The van der Waals surface area contributed by atoms with Crippen LogP contribution in [0.2, 0.25) is 0 Å². The maximum atomic E-state index is 12.9. The standard InChI is InChI=1S/C21H23N5O3S/c1-15-19(16-8-10-22-11-9-16)24-25-20(15)23-21(27)17-6-5-7-18(14-17)30(28,29)26-12-3-2-4-13-26/h5-11,14H,2-4,12-13H2,1H3,(H2,23,24,25,27). The smallest absolute Gasteiger partial charge is 0.256 e. The zero-order valence-corrected chi connectivity index (χ0v) is 17.4. The van der Waals surface area contributed by atoms with E-state index in [1.54, 1.807) is 24.5 Å². The Hall–Kier alpha value is -3.04. The van der Waals surface area contributed by atoms with Gasteiger partial charge in [-0.3, -0.25) is 14.9 Å². The molecule has 9 heteroatoms. The first kappa shape index (κ1) is 20.2. The third kappa shape index (κ3) is 3.99. The summed E-state index contributed by atoms with van der Waals surface area (Å²) in [5, 5.41) is 9.90. The van der Waals surface area contributed by atoms with Crippen molar-refractivity contribution in [1.29, 1.82) is 0 Å². The van der Waals surface area contributed by atoms with Crippen LogP contribution in [0.4, 0.5) is 5.82 Å². The summed E-state index contributed by atoms with van der Waals surface area (Å²) in [5.74, 6) is -0.0160. The number of carbonyl (C=O) groups excluding carboxylic acids is 1. The van der Waals surface area contributed by atoms with E-state index in [4.69, 9.17) is 0 Å². The molecule has 0 unspecified atom stereocenters. The quantitative estimate of drug-likeness (QED) is 0.653. The largest absolute Gasteiger partial charge is 0.305 e. The lowest BCUT2D eigenvalue weighted by Gasteiger charge is -2.26. The lowest BCUT2D eigenvalue weighted by Crippen LogP contribution is -2.35. The summed E-state index contributed by atoms with van der Waals surface area (Å²) < 4.78 is 27.3. The number of carbonyl (C=O) groups is 1. The summed E-state index contributed by atoms with van der Waals surface area (Å²) in [6.45, 7) is 2.89. The van der Waals surface area contributed by atoms with Crippen LogP contribution in [0.1, 0.15) is 35.2 Å². The molecule has 30 heavy (non-hydrogen) atoms. The van der Waals surface area contributed by atoms with Crippen molar-refractivity contribution in [2.45, 2.75) is 31.1 Å². The molecule has 2 N–H and O–H groups in total. The number of sulfonamides is 1. The van der Waals surface area contributed by atoms with Gasteiger partial charge in [0, 0.05) is 42.2 Å². The molecule has 0 atom stereocenters. The molecule has 0 spiro atoms. The van der Waals surface area contributed by atoms with E-state index in [-0.39, 0.29) is 10.5 Å². The van der Waals surface area contributed by atoms with E-state index in [1.165, 1.54) is 16.4 Å². The Labute approximate surface area is 175 Å². The topological polar surface area (TPSA) is 108 Å². The van der Waals surface area contributed by atoms with Crippen molar-refractivity contribution in [2.75, 3.05) is 18.4 Å². The minimum absolute atomic E-state index is 0.133. The summed E-state index contributed by atoms with van der Waals surface area (Å²) in [7, 11) is -3.61. The Morgan fingerprint density at radius 2 is 1.83 bits per heavy atom. The van der Waals surface area contributed by atoms with Gasteiger partial charge in [0.25, 0.3) is 5.91 Å². The van der Waals surface area contributed by atoms with Crippen molar-refractivity contribution in [3.63, 3.8) is 0 Å². The van der Waals surface area contributed by atoms with Crippen LogP contribution in [0.3, 0.4) is 0 Å². The maximum absolute atomic E-state index is 12.9. The van der Waals surface area contributed by atoms with Crippen LogP contribution in [0.5, 0.6) is 0 Å². The number of pyridine rings is 1. The van der Waals surface area contributed by atoms with Gasteiger partial charge in [-0.15, -0.1) is 0 Å². The molecule has 1 fully saturated rings. The number of piperidine rings is 1. The maximum Gasteiger partial charge on any atom is 0.256 e. The van der Waals surface area contributed by atoms with Gasteiger partial charge in [0.2, 0.25) is 10.0 Å². The molecular formula is C21H23N5O3S. The van der Waals surface area contributed by atoms with Gasteiger partial charge in [-0.2, -0.15) is 9.40 Å². The molecule has 1 aromatic carbocycles. The summed E-state index contributed by atoms with van der Waals surface area (Å²) in [6.07, 6.45) is 6.12. The molecule has 0 aliphatic carbocycles.